The van der Waals surface area contributed by atoms with Gasteiger partial charge in [0, 0.05) is 43.8 Å². The summed E-state index contributed by atoms with van der Waals surface area (Å²) < 4.78 is 29.1. The molecule has 1 aliphatic heterocycles. The van der Waals surface area contributed by atoms with Crippen molar-refractivity contribution in [2.45, 2.75) is 26.5 Å². The van der Waals surface area contributed by atoms with E-state index >= 15 is 0 Å². The van der Waals surface area contributed by atoms with Crippen LogP contribution in [0, 0.1) is 0 Å². The van der Waals surface area contributed by atoms with Crippen LogP contribution in [0.25, 0.3) is 0 Å². The summed E-state index contributed by atoms with van der Waals surface area (Å²) in [6, 6.07) is 13.5. The Morgan fingerprint density at radius 3 is 2.52 bits per heavy atom. The van der Waals surface area contributed by atoms with E-state index in [0.717, 1.165) is 36.8 Å². The zero-order chi connectivity index (χ0) is 23.2. The number of ether oxygens (including phenoxy) is 1. The summed E-state index contributed by atoms with van der Waals surface area (Å²) in [6.45, 7) is 2.95. The molecule has 33 heavy (non-hydrogen) atoms. The fourth-order valence-corrected chi connectivity index (χ4v) is 4.48. The van der Waals surface area contributed by atoms with Crippen molar-refractivity contribution in [2.24, 2.45) is 0 Å². The number of benzene rings is 2. The van der Waals surface area contributed by atoms with E-state index in [4.69, 9.17) is 0 Å². The molecule has 0 bridgehead atoms. The predicted molar refractivity (Wildman–Crippen MR) is 125 cm³/mol. The molecule has 1 amide bonds. The second-order valence-electron chi connectivity index (χ2n) is 7.73. The lowest BCUT2D eigenvalue weighted by atomic mass is 10.1. The SMILES string of the molecule is CCc1nc(CN2CCN(C(=O)c3ccccc3Nc3ccc(OC(F)F)cc3)CC2)cs1. The maximum absolute atomic E-state index is 13.2. The van der Waals surface area contributed by atoms with Gasteiger partial charge in [-0.1, -0.05) is 19.1 Å². The van der Waals surface area contributed by atoms with Gasteiger partial charge in [-0.2, -0.15) is 8.78 Å². The average molecular weight is 473 g/mol. The third-order valence-corrected chi connectivity index (χ3v) is 6.50. The van der Waals surface area contributed by atoms with E-state index in [1.165, 1.54) is 12.1 Å². The number of para-hydroxylation sites is 1. The number of anilines is 2. The molecule has 0 aliphatic carbocycles. The largest absolute Gasteiger partial charge is 0.435 e. The van der Waals surface area contributed by atoms with Crippen LogP contribution in [0.2, 0.25) is 0 Å². The summed E-state index contributed by atoms with van der Waals surface area (Å²) >= 11 is 1.70. The molecule has 1 aliphatic rings. The van der Waals surface area contributed by atoms with Gasteiger partial charge in [0.1, 0.15) is 5.75 Å². The van der Waals surface area contributed by atoms with Gasteiger partial charge in [0.05, 0.1) is 22.0 Å². The van der Waals surface area contributed by atoms with Gasteiger partial charge < -0.3 is 15.0 Å². The summed E-state index contributed by atoms with van der Waals surface area (Å²) in [5.74, 6) is 0.0543. The van der Waals surface area contributed by atoms with Crippen molar-refractivity contribution in [1.29, 1.82) is 0 Å². The fourth-order valence-electron chi connectivity index (χ4n) is 3.75. The Hall–Kier alpha value is -3.04. The standard InChI is InChI=1S/C24H26F2N4O2S/c1-2-22-28-18(16-33-22)15-29-11-13-30(14-12-29)23(31)20-5-3-4-6-21(20)27-17-7-9-19(10-8-17)32-24(25)26/h3-10,16,24,27H,2,11-15H2,1H3. The molecule has 2 aromatic carbocycles. The van der Waals surface area contributed by atoms with Crippen LogP contribution in [-0.2, 0) is 13.0 Å². The van der Waals surface area contributed by atoms with Crippen molar-refractivity contribution < 1.29 is 18.3 Å². The topological polar surface area (TPSA) is 57.7 Å². The summed E-state index contributed by atoms with van der Waals surface area (Å²) in [5.41, 5.74) is 3.01. The highest BCUT2D eigenvalue weighted by Gasteiger charge is 2.24. The number of carbonyl (C=O) groups excluding carboxylic acids is 1. The third-order valence-electron chi connectivity index (χ3n) is 5.46. The average Bonchev–Trinajstić information content (AvgIpc) is 3.28. The minimum atomic E-state index is -2.86. The van der Waals surface area contributed by atoms with Crippen LogP contribution in [0.1, 0.15) is 28.0 Å². The predicted octanol–water partition coefficient (Wildman–Crippen LogP) is 5.01. The van der Waals surface area contributed by atoms with E-state index in [0.29, 0.717) is 30.0 Å². The van der Waals surface area contributed by atoms with Gasteiger partial charge in [-0.05, 0) is 42.8 Å². The van der Waals surface area contributed by atoms with Gasteiger partial charge in [0.2, 0.25) is 0 Å². The van der Waals surface area contributed by atoms with E-state index in [1.54, 1.807) is 29.5 Å². The molecule has 0 unspecified atom stereocenters. The van der Waals surface area contributed by atoms with Crippen molar-refractivity contribution in [3.05, 3.63) is 70.2 Å². The Morgan fingerprint density at radius 2 is 1.85 bits per heavy atom. The molecule has 9 heteroatoms. The number of aryl methyl sites for hydroxylation is 1. The van der Waals surface area contributed by atoms with E-state index in [2.05, 4.69) is 32.2 Å². The monoisotopic (exact) mass is 472 g/mol. The van der Waals surface area contributed by atoms with Crippen LogP contribution >= 0.6 is 11.3 Å². The molecule has 4 rings (SSSR count). The van der Waals surface area contributed by atoms with Crippen LogP contribution in [0.3, 0.4) is 0 Å². The summed E-state index contributed by atoms with van der Waals surface area (Å²) in [5, 5.41) is 6.48. The second kappa shape index (κ2) is 10.7. The molecule has 1 saturated heterocycles. The molecule has 0 spiro atoms. The number of thiazole rings is 1. The first kappa shape index (κ1) is 23.1. The van der Waals surface area contributed by atoms with Gasteiger partial charge in [0.25, 0.3) is 5.91 Å². The first-order valence-electron chi connectivity index (χ1n) is 10.9. The molecule has 1 aromatic heterocycles. The lowest BCUT2D eigenvalue weighted by Gasteiger charge is -2.34. The minimum Gasteiger partial charge on any atom is -0.435 e. The molecular formula is C24H26F2N4O2S. The van der Waals surface area contributed by atoms with Crippen LogP contribution in [0.15, 0.2) is 53.9 Å². The third kappa shape index (κ3) is 6.06. The lowest BCUT2D eigenvalue weighted by molar-refractivity contribution is -0.0498. The molecule has 0 atom stereocenters. The Balaban J connectivity index is 1.37. The Morgan fingerprint density at radius 1 is 1.12 bits per heavy atom. The second-order valence-corrected chi connectivity index (χ2v) is 8.67. The molecule has 1 fully saturated rings. The molecular weight excluding hydrogens is 446 g/mol. The molecule has 3 aromatic rings. The first-order chi connectivity index (χ1) is 16.0. The first-order valence-corrected chi connectivity index (χ1v) is 11.8. The van der Waals surface area contributed by atoms with Crippen molar-refractivity contribution in [3.8, 4) is 5.75 Å². The van der Waals surface area contributed by atoms with Gasteiger partial charge in [-0.3, -0.25) is 9.69 Å². The number of nitrogens with one attached hydrogen (secondary N) is 1. The highest BCUT2D eigenvalue weighted by molar-refractivity contribution is 7.09. The maximum atomic E-state index is 13.2. The van der Waals surface area contributed by atoms with E-state index in [9.17, 15) is 13.6 Å². The smallest absolute Gasteiger partial charge is 0.387 e. The summed E-state index contributed by atoms with van der Waals surface area (Å²) in [7, 11) is 0. The summed E-state index contributed by atoms with van der Waals surface area (Å²) in [4.78, 5) is 22.1. The normalized spacial score (nSPS) is 14.5. The maximum Gasteiger partial charge on any atom is 0.387 e. The zero-order valence-corrected chi connectivity index (χ0v) is 19.2. The number of hydrogen-bond donors (Lipinski definition) is 1. The molecule has 0 saturated carbocycles. The number of aromatic nitrogens is 1. The van der Waals surface area contributed by atoms with Crippen molar-refractivity contribution in [2.75, 3.05) is 31.5 Å². The highest BCUT2D eigenvalue weighted by atomic mass is 32.1. The van der Waals surface area contributed by atoms with Crippen molar-refractivity contribution >= 4 is 28.6 Å². The lowest BCUT2D eigenvalue weighted by Crippen LogP contribution is -2.48. The number of rotatable bonds is 8. The molecule has 174 valence electrons. The van der Waals surface area contributed by atoms with Gasteiger partial charge in [0.15, 0.2) is 0 Å². The molecule has 2 heterocycles. The van der Waals surface area contributed by atoms with E-state index < -0.39 is 6.61 Å². The fraction of sp³-hybridized carbons (Fsp3) is 0.333. The number of piperazine rings is 1. The Bertz CT molecular complexity index is 1070. The van der Waals surface area contributed by atoms with Crippen LogP contribution < -0.4 is 10.1 Å². The molecule has 0 radical (unpaired) electrons. The Kier molecular flexibility index (Phi) is 7.51. The molecule has 6 nitrogen and oxygen atoms in total. The number of carbonyl (C=O) groups is 1. The molecule has 1 N–H and O–H groups in total. The number of hydrogen-bond acceptors (Lipinski definition) is 6. The van der Waals surface area contributed by atoms with E-state index in [1.807, 2.05) is 23.1 Å². The van der Waals surface area contributed by atoms with Gasteiger partial charge >= 0.3 is 6.61 Å². The highest BCUT2D eigenvalue weighted by Crippen LogP contribution is 2.25. The minimum absolute atomic E-state index is 0.0302. The van der Waals surface area contributed by atoms with Crippen LogP contribution in [0.4, 0.5) is 20.2 Å². The summed E-state index contributed by atoms with van der Waals surface area (Å²) in [6.07, 6.45) is 0.952. The van der Waals surface area contributed by atoms with E-state index in [-0.39, 0.29) is 11.7 Å². The van der Waals surface area contributed by atoms with Crippen molar-refractivity contribution in [1.82, 2.24) is 14.8 Å². The van der Waals surface area contributed by atoms with Gasteiger partial charge in [-0.15, -0.1) is 11.3 Å². The quantitative estimate of drug-likeness (QED) is 0.500. The number of alkyl halides is 2. The van der Waals surface area contributed by atoms with Crippen LogP contribution in [-0.4, -0.2) is 53.5 Å². The zero-order valence-electron chi connectivity index (χ0n) is 18.3. The van der Waals surface area contributed by atoms with Gasteiger partial charge in [-0.25, -0.2) is 4.98 Å². The number of nitrogens with zero attached hydrogens (tertiary/aromatic N) is 3. The number of amides is 1. The van der Waals surface area contributed by atoms with Crippen LogP contribution in [0.5, 0.6) is 5.75 Å². The Labute approximate surface area is 195 Å². The number of halogens is 2. The van der Waals surface area contributed by atoms with Crippen molar-refractivity contribution in [3.63, 3.8) is 0 Å².